The fraction of sp³-hybridized carbons (Fsp3) is 0.667. The van der Waals surface area contributed by atoms with Gasteiger partial charge in [0.1, 0.15) is 0 Å². The Balaban J connectivity index is 1.90. The van der Waals surface area contributed by atoms with E-state index in [0.717, 1.165) is 23.2 Å². The van der Waals surface area contributed by atoms with E-state index in [4.69, 9.17) is 4.74 Å². The van der Waals surface area contributed by atoms with E-state index < -0.39 is 0 Å². The first-order valence-corrected chi connectivity index (χ1v) is 7.16. The Bertz CT molecular complexity index is 416. The quantitative estimate of drug-likeness (QED) is 0.888. The highest BCUT2D eigenvalue weighted by Crippen LogP contribution is 2.24. The SMILES string of the molecule is COCCn1cc(NC2=N[C@@H](C(C)C)CS2)cn1. The molecule has 0 saturated carbocycles. The Hall–Kier alpha value is -1.01. The number of aromatic nitrogens is 2. The zero-order valence-corrected chi connectivity index (χ0v) is 11.9. The minimum absolute atomic E-state index is 0.432. The van der Waals surface area contributed by atoms with Crippen molar-refractivity contribution >= 4 is 22.6 Å². The van der Waals surface area contributed by atoms with Crippen LogP contribution in [0.2, 0.25) is 0 Å². The number of amidine groups is 1. The van der Waals surface area contributed by atoms with Crippen LogP contribution < -0.4 is 5.32 Å². The predicted molar refractivity (Wildman–Crippen MR) is 76.2 cm³/mol. The first kappa shape index (κ1) is 13.4. The summed E-state index contributed by atoms with van der Waals surface area (Å²) in [6.45, 7) is 5.86. The number of hydrogen-bond donors (Lipinski definition) is 1. The molecule has 5 nitrogen and oxygen atoms in total. The first-order valence-electron chi connectivity index (χ1n) is 6.18. The average molecular weight is 268 g/mol. The van der Waals surface area contributed by atoms with Crippen molar-refractivity contribution in [3.05, 3.63) is 12.4 Å². The number of methoxy groups -OCH3 is 1. The van der Waals surface area contributed by atoms with Crippen LogP contribution in [0.15, 0.2) is 17.4 Å². The van der Waals surface area contributed by atoms with Gasteiger partial charge in [0, 0.05) is 19.1 Å². The van der Waals surface area contributed by atoms with Gasteiger partial charge in [0.15, 0.2) is 5.17 Å². The Labute approximate surface area is 112 Å². The Morgan fingerprint density at radius 1 is 1.61 bits per heavy atom. The average Bonchev–Trinajstić information content (AvgIpc) is 2.96. The Kier molecular flexibility index (Phi) is 4.66. The van der Waals surface area contributed by atoms with Crippen LogP contribution in [0.3, 0.4) is 0 Å². The minimum Gasteiger partial charge on any atom is -0.383 e. The van der Waals surface area contributed by atoms with Crippen molar-refractivity contribution < 1.29 is 4.74 Å². The molecule has 1 aromatic heterocycles. The van der Waals surface area contributed by atoms with Gasteiger partial charge in [-0.2, -0.15) is 5.10 Å². The number of anilines is 1. The van der Waals surface area contributed by atoms with Crippen LogP contribution in [0.25, 0.3) is 0 Å². The number of nitrogens with zero attached hydrogens (tertiary/aromatic N) is 3. The molecule has 1 atom stereocenters. The molecule has 6 heteroatoms. The lowest BCUT2D eigenvalue weighted by Gasteiger charge is -2.07. The van der Waals surface area contributed by atoms with Crippen molar-refractivity contribution in [1.29, 1.82) is 0 Å². The molecule has 0 unspecified atom stereocenters. The molecule has 18 heavy (non-hydrogen) atoms. The molecule has 2 heterocycles. The van der Waals surface area contributed by atoms with E-state index in [9.17, 15) is 0 Å². The summed E-state index contributed by atoms with van der Waals surface area (Å²) in [5, 5.41) is 8.57. The molecular formula is C12H20N4OS. The Morgan fingerprint density at radius 3 is 3.11 bits per heavy atom. The van der Waals surface area contributed by atoms with E-state index in [1.54, 1.807) is 18.9 Å². The van der Waals surface area contributed by atoms with Crippen LogP contribution in [-0.2, 0) is 11.3 Å². The van der Waals surface area contributed by atoms with Gasteiger partial charge in [0.05, 0.1) is 31.1 Å². The number of rotatable bonds is 5. The maximum Gasteiger partial charge on any atom is 0.161 e. The zero-order valence-electron chi connectivity index (χ0n) is 11.1. The molecular weight excluding hydrogens is 248 g/mol. The van der Waals surface area contributed by atoms with E-state index in [1.165, 1.54) is 0 Å². The van der Waals surface area contributed by atoms with E-state index >= 15 is 0 Å². The van der Waals surface area contributed by atoms with Crippen LogP contribution in [0, 0.1) is 5.92 Å². The van der Waals surface area contributed by atoms with Gasteiger partial charge in [-0.05, 0) is 5.92 Å². The van der Waals surface area contributed by atoms with Gasteiger partial charge in [-0.3, -0.25) is 9.67 Å². The summed E-state index contributed by atoms with van der Waals surface area (Å²) in [5.41, 5.74) is 0.988. The third kappa shape index (κ3) is 3.49. The predicted octanol–water partition coefficient (Wildman–Crippen LogP) is 2.07. The standard InChI is InChI=1S/C12H20N4OS/c1-9(2)11-8-18-12(15-11)14-10-6-13-16(7-10)4-5-17-3/h6-7,9,11H,4-5,8H2,1-3H3,(H,14,15)/t11-/m1/s1. The summed E-state index contributed by atoms with van der Waals surface area (Å²) in [6, 6.07) is 0.432. The highest BCUT2D eigenvalue weighted by molar-refractivity contribution is 8.14. The molecule has 0 aromatic carbocycles. The van der Waals surface area contributed by atoms with Crippen LogP contribution in [0.1, 0.15) is 13.8 Å². The molecule has 2 rings (SSSR count). The molecule has 0 bridgehead atoms. The fourth-order valence-electron chi connectivity index (χ4n) is 1.66. The van der Waals surface area contributed by atoms with Gasteiger partial charge in [0.25, 0.3) is 0 Å². The van der Waals surface area contributed by atoms with Crippen molar-refractivity contribution in [2.24, 2.45) is 10.9 Å². The lowest BCUT2D eigenvalue weighted by Crippen LogP contribution is -2.12. The highest BCUT2D eigenvalue weighted by atomic mass is 32.2. The van der Waals surface area contributed by atoms with Crippen LogP contribution in [0.4, 0.5) is 5.69 Å². The zero-order chi connectivity index (χ0) is 13.0. The first-order chi connectivity index (χ1) is 8.69. The van der Waals surface area contributed by atoms with Crippen molar-refractivity contribution in [3.8, 4) is 0 Å². The summed E-state index contributed by atoms with van der Waals surface area (Å²) in [4.78, 5) is 4.66. The summed E-state index contributed by atoms with van der Waals surface area (Å²) in [5.74, 6) is 1.67. The van der Waals surface area contributed by atoms with Crippen LogP contribution in [-0.4, -0.2) is 40.5 Å². The molecule has 1 aliphatic heterocycles. The van der Waals surface area contributed by atoms with Gasteiger partial charge in [-0.25, -0.2) is 0 Å². The van der Waals surface area contributed by atoms with Crippen LogP contribution >= 0.6 is 11.8 Å². The van der Waals surface area contributed by atoms with Gasteiger partial charge >= 0.3 is 0 Å². The topological polar surface area (TPSA) is 51.4 Å². The normalized spacial score (nSPS) is 19.3. The second-order valence-electron chi connectivity index (χ2n) is 4.67. The summed E-state index contributed by atoms with van der Waals surface area (Å²) in [7, 11) is 1.69. The van der Waals surface area contributed by atoms with Crippen molar-refractivity contribution in [1.82, 2.24) is 9.78 Å². The van der Waals surface area contributed by atoms with Crippen LogP contribution in [0.5, 0.6) is 0 Å². The maximum absolute atomic E-state index is 5.02. The maximum atomic E-state index is 5.02. The third-order valence-corrected chi connectivity index (χ3v) is 3.84. The highest BCUT2D eigenvalue weighted by Gasteiger charge is 2.21. The molecule has 0 amide bonds. The molecule has 0 spiro atoms. The van der Waals surface area contributed by atoms with E-state index in [0.29, 0.717) is 18.6 Å². The van der Waals surface area contributed by atoms with Crippen molar-refractivity contribution in [3.63, 3.8) is 0 Å². The van der Waals surface area contributed by atoms with Crippen molar-refractivity contribution in [2.75, 3.05) is 24.8 Å². The molecule has 1 aliphatic rings. The molecule has 0 aliphatic carbocycles. The monoisotopic (exact) mass is 268 g/mol. The summed E-state index contributed by atoms with van der Waals surface area (Å²) in [6.07, 6.45) is 3.80. The number of hydrogen-bond acceptors (Lipinski definition) is 5. The second kappa shape index (κ2) is 6.24. The third-order valence-electron chi connectivity index (χ3n) is 2.85. The summed E-state index contributed by atoms with van der Waals surface area (Å²) >= 11 is 1.78. The smallest absolute Gasteiger partial charge is 0.161 e. The lowest BCUT2D eigenvalue weighted by molar-refractivity contribution is 0.183. The van der Waals surface area contributed by atoms with E-state index in [-0.39, 0.29) is 0 Å². The molecule has 0 fully saturated rings. The van der Waals surface area contributed by atoms with Gasteiger partial charge in [-0.1, -0.05) is 25.6 Å². The van der Waals surface area contributed by atoms with Gasteiger partial charge in [0.2, 0.25) is 0 Å². The number of nitrogens with one attached hydrogen (secondary N) is 1. The molecule has 0 saturated heterocycles. The molecule has 0 radical (unpaired) electrons. The van der Waals surface area contributed by atoms with E-state index in [1.807, 2.05) is 17.1 Å². The lowest BCUT2D eigenvalue weighted by atomic mass is 10.1. The fourth-order valence-corrected chi connectivity index (χ4v) is 2.85. The molecule has 1 aromatic rings. The number of aliphatic imine (C=N–C) groups is 1. The number of thioether (sulfide) groups is 1. The van der Waals surface area contributed by atoms with E-state index in [2.05, 4.69) is 29.3 Å². The van der Waals surface area contributed by atoms with Crippen molar-refractivity contribution in [2.45, 2.75) is 26.4 Å². The minimum atomic E-state index is 0.432. The second-order valence-corrected chi connectivity index (χ2v) is 5.68. The van der Waals surface area contributed by atoms with Gasteiger partial charge < -0.3 is 10.1 Å². The largest absolute Gasteiger partial charge is 0.383 e. The molecule has 1 N–H and O–H groups in total. The van der Waals surface area contributed by atoms with Gasteiger partial charge in [-0.15, -0.1) is 0 Å². The molecule has 100 valence electrons. The Morgan fingerprint density at radius 2 is 2.44 bits per heavy atom. The summed E-state index contributed by atoms with van der Waals surface area (Å²) < 4.78 is 6.89. The number of ether oxygens (including phenoxy) is 1.